The third-order valence-corrected chi connectivity index (χ3v) is 3.51. The number of nitrogens with zero attached hydrogens (tertiary/aromatic N) is 7. The molecule has 0 radical (unpaired) electrons. The highest BCUT2D eigenvalue weighted by Crippen LogP contribution is 2.33. The number of hydrogen-bond donors (Lipinski definition) is 2. The molecule has 22 heavy (non-hydrogen) atoms. The summed E-state index contributed by atoms with van der Waals surface area (Å²) in [7, 11) is 1.50. The molecule has 11 heteroatoms. The summed E-state index contributed by atoms with van der Waals surface area (Å²) >= 11 is 0. The second-order valence-electron chi connectivity index (χ2n) is 4.79. The number of rotatable bonds is 4. The van der Waals surface area contributed by atoms with Gasteiger partial charge in [0.05, 0.1) is 25.1 Å². The Kier molecular flexibility index (Phi) is 3.77. The van der Waals surface area contributed by atoms with Gasteiger partial charge in [0.15, 0.2) is 17.7 Å². The Balaban J connectivity index is 2.00. The Morgan fingerprint density at radius 2 is 2.36 bits per heavy atom. The molecule has 1 aliphatic rings. The molecule has 11 nitrogen and oxygen atoms in total. The molecule has 3 rings (SSSR count). The Labute approximate surface area is 124 Å². The van der Waals surface area contributed by atoms with Crippen LogP contribution in [0.5, 0.6) is 0 Å². The van der Waals surface area contributed by atoms with Crippen molar-refractivity contribution in [3.05, 3.63) is 23.1 Å². The lowest BCUT2D eigenvalue weighted by Gasteiger charge is -2.16. The summed E-state index contributed by atoms with van der Waals surface area (Å²) in [6, 6.07) is -0.772. The van der Waals surface area contributed by atoms with E-state index in [-0.39, 0.29) is 12.4 Å². The molecular formula is C11H14N8O3. The van der Waals surface area contributed by atoms with Crippen molar-refractivity contribution in [1.29, 1.82) is 0 Å². The minimum Gasteiger partial charge on any atom is -0.388 e. The third kappa shape index (κ3) is 2.22. The quantitative estimate of drug-likeness (QED) is 0.456. The van der Waals surface area contributed by atoms with E-state index in [1.165, 1.54) is 24.3 Å². The van der Waals surface area contributed by atoms with Crippen LogP contribution in [-0.4, -0.2) is 56.6 Å². The predicted molar refractivity (Wildman–Crippen MR) is 74.5 cm³/mol. The summed E-state index contributed by atoms with van der Waals surface area (Å²) in [4.78, 5) is 14.8. The van der Waals surface area contributed by atoms with E-state index in [0.717, 1.165) is 0 Å². The summed E-state index contributed by atoms with van der Waals surface area (Å²) < 4.78 is 12.3. The molecule has 3 heterocycles. The van der Waals surface area contributed by atoms with E-state index in [0.29, 0.717) is 11.2 Å². The van der Waals surface area contributed by atoms with E-state index < -0.39 is 24.5 Å². The van der Waals surface area contributed by atoms with E-state index in [9.17, 15) is 5.11 Å². The molecule has 0 bridgehead atoms. The van der Waals surface area contributed by atoms with Crippen LogP contribution >= 0.6 is 0 Å². The number of aliphatic hydroxyl groups excluding tert-OH is 1. The molecule has 4 atom stereocenters. The standard InChI is InChI=1S/C11H14N8O3/c1-21-2-5-6(17-18-13)8(20)11(22-5)19-4-16-7-9(12)14-3-15-10(7)19/h3-6,8,11,20H,2H2,1H3,(H2,12,14,15). The van der Waals surface area contributed by atoms with Crippen LogP contribution in [0, 0.1) is 0 Å². The van der Waals surface area contributed by atoms with Gasteiger partial charge in [-0.3, -0.25) is 4.57 Å². The van der Waals surface area contributed by atoms with Crippen molar-refractivity contribution in [2.24, 2.45) is 5.11 Å². The van der Waals surface area contributed by atoms with E-state index in [2.05, 4.69) is 25.0 Å². The smallest absolute Gasteiger partial charge is 0.167 e. The monoisotopic (exact) mass is 306 g/mol. The first-order valence-electron chi connectivity index (χ1n) is 6.47. The first kappa shape index (κ1) is 14.5. The second kappa shape index (κ2) is 5.73. The Morgan fingerprint density at radius 1 is 1.55 bits per heavy atom. The number of ether oxygens (including phenoxy) is 2. The molecule has 2 aromatic heterocycles. The van der Waals surface area contributed by atoms with Crippen molar-refractivity contribution >= 4 is 17.0 Å². The predicted octanol–water partition coefficient (Wildman–Crippen LogP) is -0.00790. The van der Waals surface area contributed by atoms with Crippen molar-refractivity contribution in [3.8, 4) is 0 Å². The van der Waals surface area contributed by atoms with E-state index >= 15 is 0 Å². The Hall–Kier alpha value is -2.46. The lowest BCUT2D eigenvalue weighted by Crippen LogP contribution is -2.31. The van der Waals surface area contributed by atoms with Crippen molar-refractivity contribution in [3.63, 3.8) is 0 Å². The lowest BCUT2D eigenvalue weighted by molar-refractivity contribution is -0.0544. The zero-order valence-electron chi connectivity index (χ0n) is 11.6. The fraction of sp³-hybridized carbons (Fsp3) is 0.545. The fourth-order valence-corrected chi connectivity index (χ4v) is 2.52. The molecule has 1 saturated heterocycles. The molecule has 1 aliphatic heterocycles. The van der Waals surface area contributed by atoms with Gasteiger partial charge in [-0.1, -0.05) is 5.11 Å². The number of anilines is 1. The number of aliphatic hydroxyl groups is 1. The van der Waals surface area contributed by atoms with Crippen LogP contribution in [-0.2, 0) is 9.47 Å². The summed E-state index contributed by atoms with van der Waals surface area (Å²) in [5, 5.41) is 14.0. The maximum atomic E-state index is 10.4. The van der Waals surface area contributed by atoms with Crippen molar-refractivity contribution < 1.29 is 14.6 Å². The number of nitrogen functional groups attached to an aromatic ring is 1. The molecular weight excluding hydrogens is 292 g/mol. The number of fused-ring (bicyclic) bond motifs is 1. The highest BCUT2D eigenvalue weighted by molar-refractivity contribution is 5.81. The molecule has 0 aromatic carbocycles. The normalized spacial score (nSPS) is 27.9. The maximum absolute atomic E-state index is 10.4. The molecule has 0 spiro atoms. The number of hydrogen-bond acceptors (Lipinski definition) is 8. The highest BCUT2D eigenvalue weighted by atomic mass is 16.6. The van der Waals surface area contributed by atoms with Crippen molar-refractivity contribution in [2.45, 2.75) is 24.5 Å². The number of azide groups is 1. The summed E-state index contributed by atoms with van der Waals surface area (Å²) in [5.74, 6) is 0.233. The number of methoxy groups -OCH3 is 1. The first-order chi connectivity index (χ1) is 10.7. The zero-order valence-corrected chi connectivity index (χ0v) is 11.6. The van der Waals surface area contributed by atoms with Gasteiger partial charge in [-0.2, -0.15) is 0 Å². The largest absolute Gasteiger partial charge is 0.388 e. The number of nitrogens with two attached hydrogens (primary N) is 1. The van der Waals surface area contributed by atoms with Crippen LogP contribution in [0.4, 0.5) is 5.82 Å². The number of aromatic nitrogens is 4. The SMILES string of the molecule is COCC1OC(n2cnc3c(N)ncnc32)C(O)C1N=[N+]=[N-]. The maximum Gasteiger partial charge on any atom is 0.167 e. The lowest BCUT2D eigenvalue weighted by atomic mass is 10.1. The van der Waals surface area contributed by atoms with Gasteiger partial charge in [-0.25, -0.2) is 15.0 Å². The van der Waals surface area contributed by atoms with Gasteiger partial charge in [-0.05, 0) is 5.53 Å². The van der Waals surface area contributed by atoms with E-state index in [4.69, 9.17) is 20.7 Å². The molecule has 4 unspecified atom stereocenters. The van der Waals surface area contributed by atoms with Gasteiger partial charge < -0.3 is 20.3 Å². The zero-order chi connectivity index (χ0) is 15.7. The fourth-order valence-electron chi connectivity index (χ4n) is 2.52. The van der Waals surface area contributed by atoms with Crippen molar-refractivity contribution in [2.75, 3.05) is 19.5 Å². The average molecular weight is 306 g/mol. The van der Waals surface area contributed by atoms with Crippen LogP contribution in [0.3, 0.4) is 0 Å². The second-order valence-corrected chi connectivity index (χ2v) is 4.79. The molecule has 0 amide bonds. The molecule has 3 N–H and O–H groups in total. The highest BCUT2D eigenvalue weighted by Gasteiger charge is 2.44. The van der Waals surface area contributed by atoms with Crippen LogP contribution in [0.25, 0.3) is 21.6 Å². The topological polar surface area (TPSA) is 157 Å². The van der Waals surface area contributed by atoms with Gasteiger partial charge in [0.25, 0.3) is 0 Å². The van der Waals surface area contributed by atoms with Crippen LogP contribution in [0.1, 0.15) is 6.23 Å². The first-order valence-corrected chi connectivity index (χ1v) is 6.47. The minimum absolute atomic E-state index is 0.182. The van der Waals surface area contributed by atoms with Gasteiger partial charge in [0.1, 0.15) is 17.9 Å². The summed E-state index contributed by atoms with van der Waals surface area (Å²) in [5.41, 5.74) is 15.2. The van der Waals surface area contributed by atoms with E-state index in [1.807, 2.05) is 0 Å². The minimum atomic E-state index is -1.07. The van der Waals surface area contributed by atoms with Gasteiger partial charge in [-0.15, -0.1) is 0 Å². The summed E-state index contributed by atoms with van der Waals surface area (Å²) in [6.45, 7) is 0.182. The third-order valence-electron chi connectivity index (χ3n) is 3.51. The van der Waals surface area contributed by atoms with Crippen LogP contribution in [0.2, 0.25) is 0 Å². The number of imidazole rings is 1. The van der Waals surface area contributed by atoms with Gasteiger partial charge in [0, 0.05) is 12.0 Å². The van der Waals surface area contributed by atoms with Crippen molar-refractivity contribution in [1.82, 2.24) is 19.5 Å². The molecule has 0 aliphatic carbocycles. The Morgan fingerprint density at radius 3 is 3.09 bits per heavy atom. The molecule has 0 saturated carbocycles. The Bertz CT molecular complexity index is 727. The molecule has 1 fully saturated rings. The molecule has 2 aromatic rings. The van der Waals surface area contributed by atoms with Gasteiger partial charge >= 0.3 is 0 Å². The van der Waals surface area contributed by atoms with Gasteiger partial charge in [0.2, 0.25) is 0 Å². The van der Waals surface area contributed by atoms with E-state index in [1.54, 1.807) is 0 Å². The molecule has 116 valence electrons. The summed E-state index contributed by atoms with van der Waals surface area (Å²) in [6.07, 6.45) is 0.304. The van der Waals surface area contributed by atoms with Crippen LogP contribution < -0.4 is 5.73 Å². The van der Waals surface area contributed by atoms with Crippen LogP contribution in [0.15, 0.2) is 17.8 Å². The average Bonchev–Trinajstić information content (AvgIpc) is 3.05.